The first-order chi connectivity index (χ1) is 6.04. The van der Waals surface area contributed by atoms with E-state index in [4.69, 9.17) is 0 Å². The zero-order chi connectivity index (χ0) is 10.0. The molecule has 0 N–H and O–H groups in total. The predicted molar refractivity (Wildman–Crippen MR) is 46.3 cm³/mol. The van der Waals surface area contributed by atoms with Crippen molar-refractivity contribution in [3.05, 3.63) is 21.5 Å². The van der Waals surface area contributed by atoms with Gasteiger partial charge in [-0.25, -0.2) is 0 Å². The number of amides is 1. The molecular formula is C8H12N2O3. The van der Waals surface area contributed by atoms with Crippen LogP contribution in [0, 0.1) is 10.1 Å². The highest BCUT2D eigenvalue weighted by atomic mass is 16.6. The lowest BCUT2D eigenvalue weighted by Gasteiger charge is -2.14. The van der Waals surface area contributed by atoms with Crippen LogP contribution in [0.1, 0.15) is 26.2 Å². The minimum absolute atomic E-state index is 0.156. The van der Waals surface area contributed by atoms with E-state index in [1.807, 2.05) is 0 Å². The summed E-state index contributed by atoms with van der Waals surface area (Å²) in [5.74, 6) is -0.156. The summed E-state index contributed by atoms with van der Waals surface area (Å²) in [6, 6.07) is 0. The molecule has 1 amide bonds. The van der Waals surface area contributed by atoms with E-state index in [9.17, 15) is 14.9 Å². The van der Waals surface area contributed by atoms with E-state index in [0.29, 0.717) is 18.5 Å². The van der Waals surface area contributed by atoms with Crippen LogP contribution in [-0.2, 0) is 4.79 Å². The van der Waals surface area contributed by atoms with Crippen molar-refractivity contribution < 1.29 is 9.72 Å². The van der Waals surface area contributed by atoms with Gasteiger partial charge in [0.1, 0.15) is 0 Å². The molecule has 0 unspecified atom stereocenters. The molecule has 0 heterocycles. The van der Waals surface area contributed by atoms with Crippen LogP contribution >= 0.6 is 0 Å². The van der Waals surface area contributed by atoms with E-state index in [1.165, 1.54) is 11.8 Å². The van der Waals surface area contributed by atoms with Gasteiger partial charge in [-0.1, -0.05) is 0 Å². The average Bonchev–Trinajstić information content (AvgIpc) is 2.50. The van der Waals surface area contributed by atoms with Crippen molar-refractivity contribution in [1.82, 2.24) is 4.90 Å². The molecule has 0 fully saturated rings. The van der Waals surface area contributed by atoms with Crippen molar-refractivity contribution >= 4 is 5.91 Å². The summed E-state index contributed by atoms with van der Waals surface area (Å²) < 4.78 is 0. The highest BCUT2D eigenvalue weighted by Gasteiger charge is 2.28. The molecule has 1 rings (SSSR count). The standard InChI is InChI=1S/C8H12N2O3/c1-6(11)9(2)7-4-3-5-8(7)10(12)13/h3-5H2,1-2H3. The van der Waals surface area contributed by atoms with Gasteiger partial charge in [0.05, 0.1) is 10.6 Å². The van der Waals surface area contributed by atoms with E-state index in [1.54, 1.807) is 7.05 Å². The van der Waals surface area contributed by atoms with Gasteiger partial charge >= 0.3 is 0 Å². The largest absolute Gasteiger partial charge is 0.314 e. The maximum Gasteiger partial charge on any atom is 0.265 e. The van der Waals surface area contributed by atoms with Crippen LogP contribution in [0.15, 0.2) is 11.4 Å². The minimum Gasteiger partial charge on any atom is -0.314 e. The molecule has 0 atom stereocenters. The summed E-state index contributed by atoms with van der Waals surface area (Å²) in [7, 11) is 1.58. The van der Waals surface area contributed by atoms with Crippen molar-refractivity contribution in [1.29, 1.82) is 0 Å². The Morgan fingerprint density at radius 3 is 2.62 bits per heavy atom. The molecule has 5 heteroatoms. The molecule has 5 nitrogen and oxygen atoms in total. The van der Waals surface area contributed by atoms with E-state index in [2.05, 4.69) is 0 Å². The van der Waals surface area contributed by atoms with Crippen LogP contribution in [-0.4, -0.2) is 22.8 Å². The quantitative estimate of drug-likeness (QED) is 0.477. The van der Waals surface area contributed by atoms with Gasteiger partial charge < -0.3 is 4.90 Å². The molecule has 1 aliphatic rings. The van der Waals surface area contributed by atoms with Gasteiger partial charge in [0.15, 0.2) is 0 Å². The molecule has 0 saturated carbocycles. The maximum absolute atomic E-state index is 11.0. The third-order valence-corrected chi connectivity index (χ3v) is 2.26. The predicted octanol–water partition coefficient (Wildman–Crippen LogP) is 1.14. The van der Waals surface area contributed by atoms with E-state index in [-0.39, 0.29) is 16.5 Å². The number of carbonyl (C=O) groups excluding carboxylic acids is 1. The molecule has 0 aromatic rings. The molecule has 0 saturated heterocycles. The molecule has 0 aromatic heterocycles. The summed E-state index contributed by atoms with van der Waals surface area (Å²) in [5.41, 5.74) is 0.759. The second-order valence-electron chi connectivity index (χ2n) is 3.08. The minimum atomic E-state index is -0.387. The van der Waals surface area contributed by atoms with Gasteiger partial charge in [0, 0.05) is 20.4 Å². The van der Waals surface area contributed by atoms with Crippen molar-refractivity contribution in [2.24, 2.45) is 0 Å². The Bertz CT molecular complexity index is 283. The number of nitro groups is 1. The third kappa shape index (κ3) is 1.85. The van der Waals surface area contributed by atoms with Gasteiger partial charge in [0.2, 0.25) is 5.91 Å². The Balaban J connectivity index is 2.93. The summed E-state index contributed by atoms with van der Waals surface area (Å²) in [6.45, 7) is 1.41. The van der Waals surface area contributed by atoms with Crippen LogP contribution in [0.4, 0.5) is 0 Å². The molecule has 13 heavy (non-hydrogen) atoms. The van der Waals surface area contributed by atoms with Gasteiger partial charge in [-0.05, 0) is 12.8 Å². The van der Waals surface area contributed by atoms with Gasteiger partial charge in [-0.15, -0.1) is 0 Å². The first-order valence-corrected chi connectivity index (χ1v) is 4.14. The molecular weight excluding hydrogens is 172 g/mol. The van der Waals surface area contributed by atoms with E-state index >= 15 is 0 Å². The third-order valence-electron chi connectivity index (χ3n) is 2.26. The first kappa shape index (κ1) is 9.70. The summed E-state index contributed by atoms with van der Waals surface area (Å²) in [4.78, 5) is 22.5. The second kappa shape index (κ2) is 3.55. The Hall–Kier alpha value is -1.39. The number of allylic oxidation sites excluding steroid dienone is 2. The lowest BCUT2D eigenvalue weighted by atomic mass is 10.3. The number of nitrogens with zero attached hydrogens (tertiary/aromatic N) is 2. The fraction of sp³-hybridized carbons (Fsp3) is 0.625. The van der Waals surface area contributed by atoms with Gasteiger partial charge in [-0.2, -0.15) is 0 Å². The SMILES string of the molecule is CC(=O)N(C)C1=C([N+](=O)[O-])CCC1. The smallest absolute Gasteiger partial charge is 0.265 e. The molecule has 0 aliphatic heterocycles. The fourth-order valence-corrected chi connectivity index (χ4v) is 1.46. The fourth-order valence-electron chi connectivity index (χ4n) is 1.46. The van der Waals surface area contributed by atoms with E-state index in [0.717, 1.165) is 6.42 Å². The first-order valence-electron chi connectivity index (χ1n) is 4.14. The zero-order valence-corrected chi connectivity index (χ0v) is 7.74. The summed E-state index contributed by atoms with van der Waals surface area (Å²) in [6.07, 6.45) is 1.87. The number of carbonyl (C=O) groups is 1. The van der Waals surface area contributed by atoms with Crippen molar-refractivity contribution in [2.75, 3.05) is 7.05 Å². The molecule has 0 spiro atoms. The molecule has 72 valence electrons. The topological polar surface area (TPSA) is 63.5 Å². The van der Waals surface area contributed by atoms with Crippen LogP contribution < -0.4 is 0 Å². The molecule has 0 aromatic carbocycles. The number of hydrogen-bond acceptors (Lipinski definition) is 3. The molecule has 0 radical (unpaired) electrons. The lowest BCUT2D eigenvalue weighted by Crippen LogP contribution is -2.24. The van der Waals surface area contributed by atoms with Gasteiger partial charge in [-0.3, -0.25) is 14.9 Å². The van der Waals surface area contributed by atoms with Crippen LogP contribution in [0.25, 0.3) is 0 Å². The highest BCUT2D eigenvalue weighted by Crippen LogP contribution is 2.28. The Morgan fingerprint density at radius 1 is 1.54 bits per heavy atom. The Morgan fingerprint density at radius 2 is 2.15 bits per heavy atom. The lowest BCUT2D eigenvalue weighted by molar-refractivity contribution is -0.428. The molecule has 1 aliphatic carbocycles. The van der Waals surface area contributed by atoms with Crippen LogP contribution in [0.2, 0.25) is 0 Å². The average molecular weight is 184 g/mol. The normalized spacial score (nSPS) is 16.2. The van der Waals surface area contributed by atoms with Crippen molar-refractivity contribution in [2.45, 2.75) is 26.2 Å². The zero-order valence-electron chi connectivity index (χ0n) is 7.74. The second-order valence-corrected chi connectivity index (χ2v) is 3.08. The number of hydrogen-bond donors (Lipinski definition) is 0. The van der Waals surface area contributed by atoms with E-state index < -0.39 is 0 Å². The maximum atomic E-state index is 11.0. The molecule has 0 bridgehead atoms. The summed E-state index contributed by atoms with van der Waals surface area (Å²) >= 11 is 0. The highest BCUT2D eigenvalue weighted by molar-refractivity contribution is 5.75. The van der Waals surface area contributed by atoms with Crippen molar-refractivity contribution in [3.63, 3.8) is 0 Å². The van der Waals surface area contributed by atoms with Crippen LogP contribution in [0.5, 0.6) is 0 Å². The Kier molecular flexibility index (Phi) is 2.65. The summed E-state index contributed by atoms with van der Waals surface area (Å²) in [5, 5.41) is 10.5. The number of rotatable bonds is 2. The monoisotopic (exact) mass is 184 g/mol. The van der Waals surface area contributed by atoms with Crippen molar-refractivity contribution in [3.8, 4) is 0 Å². The van der Waals surface area contributed by atoms with Crippen LogP contribution in [0.3, 0.4) is 0 Å². The Labute approximate surface area is 76.2 Å². The van der Waals surface area contributed by atoms with Gasteiger partial charge in [0.25, 0.3) is 5.70 Å².